The van der Waals surface area contributed by atoms with Gasteiger partial charge >= 0.3 is 0 Å². The van der Waals surface area contributed by atoms with Crippen LogP contribution in [0.5, 0.6) is 0 Å². The maximum atomic E-state index is 9.94. The van der Waals surface area contributed by atoms with Crippen molar-refractivity contribution in [3.63, 3.8) is 0 Å². The van der Waals surface area contributed by atoms with Gasteiger partial charge < -0.3 is 0 Å². The molecule has 7 heteroatoms. The molecular weight excluding hydrogens is 185 g/mol. The Balaban J connectivity index is 0. The Hall–Kier alpha value is 0.710. The van der Waals surface area contributed by atoms with E-state index >= 15 is 0 Å². The van der Waals surface area contributed by atoms with Gasteiger partial charge in [0, 0.05) is 29.6 Å². The zero-order valence-electron chi connectivity index (χ0n) is 5.44. The molecule has 0 aliphatic heterocycles. The molecule has 0 heterocycles. The molecule has 4 nitrogen and oxygen atoms in total. The largest absolute Gasteiger partial charge is 0.285 e. The molecule has 10 heavy (non-hydrogen) atoms. The molecule has 1 radical (unpaired) electrons. The quantitative estimate of drug-likeness (QED) is 0.284. The molecule has 0 aliphatic carbocycles. The van der Waals surface area contributed by atoms with Crippen LogP contribution in [0.15, 0.2) is 4.99 Å². The van der Waals surface area contributed by atoms with Crippen LogP contribution < -0.4 is 0 Å². The Labute approximate surface area is 86.8 Å². The van der Waals surface area contributed by atoms with Crippen LogP contribution in [0.3, 0.4) is 0 Å². The Morgan fingerprint density at radius 3 is 2.40 bits per heavy atom. The topological polar surface area (TPSA) is 66.7 Å². The Morgan fingerprint density at radius 1 is 1.60 bits per heavy atom. The summed E-state index contributed by atoms with van der Waals surface area (Å²) in [6, 6.07) is 0. The smallest absolute Gasteiger partial charge is 0.266 e. The van der Waals surface area contributed by atoms with Gasteiger partial charge in [-0.2, -0.15) is 8.42 Å². The minimum absolute atomic E-state index is 0. The molecule has 0 atom stereocenters. The van der Waals surface area contributed by atoms with Crippen molar-refractivity contribution >= 4 is 57.1 Å². The third-order valence-corrected chi connectivity index (χ3v) is 1.35. The molecule has 0 aromatic carbocycles. The van der Waals surface area contributed by atoms with Crippen molar-refractivity contribution in [1.82, 2.24) is 0 Å². The predicted molar refractivity (Wildman–Crippen MR) is 42.1 cm³/mol. The second kappa shape index (κ2) is 6.42. The number of thiocarbonyl (C=S) groups is 1. The van der Waals surface area contributed by atoms with Crippen molar-refractivity contribution in [3.8, 4) is 0 Å². The molecule has 1 N–H and O–H groups in total. The second-order valence-electron chi connectivity index (χ2n) is 1.26. The summed E-state index contributed by atoms with van der Waals surface area (Å²) in [5.74, 6) is -0.392. The number of hydrogen-bond acceptors (Lipinski definition) is 4. The minimum atomic E-state index is -3.88. The third kappa shape index (κ3) is 11.5. The number of isothiocyanates is 1. The molecule has 0 saturated carbocycles. The number of aliphatic imine (C=N–C) groups is 1. The third-order valence-electron chi connectivity index (χ3n) is 0.526. The number of hydrogen-bond donors (Lipinski definition) is 1. The van der Waals surface area contributed by atoms with Crippen molar-refractivity contribution in [3.05, 3.63) is 0 Å². The van der Waals surface area contributed by atoms with Gasteiger partial charge in [-0.05, 0) is 12.2 Å². The van der Waals surface area contributed by atoms with Crippen molar-refractivity contribution < 1.29 is 13.0 Å². The van der Waals surface area contributed by atoms with E-state index in [1.807, 2.05) is 5.16 Å². The van der Waals surface area contributed by atoms with Gasteiger partial charge in [-0.1, -0.05) is 0 Å². The van der Waals surface area contributed by atoms with E-state index in [2.05, 4.69) is 17.2 Å². The van der Waals surface area contributed by atoms with Crippen LogP contribution in [0, 0.1) is 0 Å². The van der Waals surface area contributed by atoms with E-state index in [0.717, 1.165) is 0 Å². The van der Waals surface area contributed by atoms with E-state index in [0.29, 0.717) is 0 Å². The fourth-order valence-corrected chi connectivity index (χ4v) is 0.620. The maximum Gasteiger partial charge on any atom is 0.266 e. The zero-order valence-corrected chi connectivity index (χ0v) is 9.07. The van der Waals surface area contributed by atoms with E-state index < -0.39 is 15.9 Å². The fourth-order valence-electron chi connectivity index (χ4n) is 0.207. The van der Waals surface area contributed by atoms with Crippen molar-refractivity contribution in [2.24, 2.45) is 4.99 Å². The number of rotatable bonds is 3. The summed E-state index contributed by atoms with van der Waals surface area (Å²) in [7, 11) is -3.88. The van der Waals surface area contributed by atoms with Gasteiger partial charge in [-0.15, -0.1) is 0 Å². The Kier molecular flexibility index (Phi) is 8.55. The fraction of sp³-hybridized carbons (Fsp3) is 0.667. The summed E-state index contributed by atoms with van der Waals surface area (Å²) in [6.45, 7) is -0.0255. The normalized spacial score (nSPS) is 9.30. The van der Waals surface area contributed by atoms with Crippen LogP contribution in [-0.2, 0) is 10.1 Å². The molecule has 0 saturated heterocycles. The van der Waals surface area contributed by atoms with E-state index in [4.69, 9.17) is 4.55 Å². The van der Waals surface area contributed by atoms with Crippen LogP contribution in [0.25, 0.3) is 0 Å². The summed E-state index contributed by atoms with van der Waals surface area (Å²) in [4.78, 5) is 3.28. The van der Waals surface area contributed by atoms with Gasteiger partial charge in [0.2, 0.25) is 0 Å². The first-order valence-electron chi connectivity index (χ1n) is 2.05. The molecule has 53 valence electrons. The summed E-state index contributed by atoms with van der Waals surface area (Å²) < 4.78 is 28.0. The maximum absolute atomic E-state index is 9.94. The average molecular weight is 190 g/mol. The summed E-state index contributed by atoms with van der Waals surface area (Å²) >= 11 is 4.15. The monoisotopic (exact) mass is 190 g/mol. The molecule has 0 spiro atoms. The van der Waals surface area contributed by atoms with Crippen molar-refractivity contribution in [2.75, 3.05) is 12.3 Å². The summed E-state index contributed by atoms with van der Waals surface area (Å²) in [5, 5.41) is 1.97. The van der Waals surface area contributed by atoms with Gasteiger partial charge in [0.1, 0.15) is 0 Å². The number of nitrogens with zero attached hydrogens (tertiary/aromatic N) is 1. The molecular formula is C3H5NNaO3S2. The predicted octanol–water partition coefficient (Wildman–Crippen LogP) is -0.404. The SMILES string of the molecule is O=S(=O)(O)CCN=C=S.[Na]. The first-order chi connectivity index (χ1) is 4.06. The van der Waals surface area contributed by atoms with Crippen molar-refractivity contribution in [1.29, 1.82) is 0 Å². The van der Waals surface area contributed by atoms with Gasteiger partial charge in [0.15, 0.2) is 0 Å². The Bertz CT molecular complexity index is 218. The molecule has 0 rings (SSSR count). The van der Waals surface area contributed by atoms with Gasteiger partial charge in [-0.3, -0.25) is 4.55 Å². The van der Waals surface area contributed by atoms with Crippen molar-refractivity contribution in [2.45, 2.75) is 0 Å². The minimum Gasteiger partial charge on any atom is -0.285 e. The van der Waals surface area contributed by atoms with E-state index in [1.54, 1.807) is 0 Å². The van der Waals surface area contributed by atoms with Gasteiger partial charge in [0.05, 0.1) is 17.5 Å². The molecule has 0 unspecified atom stereocenters. The Morgan fingerprint density at radius 2 is 2.10 bits per heavy atom. The van der Waals surface area contributed by atoms with E-state index in [9.17, 15) is 8.42 Å². The van der Waals surface area contributed by atoms with E-state index in [-0.39, 0.29) is 36.1 Å². The first kappa shape index (κ1) is 13.3. The summed E-state index contributed by atoms with van der Waals surface area (Å²) in [6.07, 6.45) is 0. The van der Waals surface area contributed by atoms with Gasteiger partial charge in [0.25, 0.3) is 10.1 Å². The van der Waals surface area contributed by atoms with Crippen LogP contribution in [0.2, 0.25) is 0 Å². The molecule has 0 aromatic heterocycles. The van der Waals surface area contributed by atoms with E-state index in [1.165, 1.54) is 0 Å². The summed E-state index contributed by atoms with van der Waals surface area (Å²) in [5.41, 5.74) is 0. The van der Waals surface area contributed by atoms with Crippen LogP contribution in [-0.4, -0.2) is 60.0 Å². The molecule has 0 fully saturated rings. The molecule has 0 bridgehead atoms. The molecule has 0 aromatic rings. The average Bonchev–Trinajstić information content (AvgIpc) is 1.63. The van der Waals surface area contributed by atoms with Crippen LogP contribution >= 0.6 is 12.2 Å². The second-order valence-corrected chi connectivity index (χ2v) is 3.01. The van der Waals surface area contributed by atoms with Crippen LogP contribution in [0.1, 0.15) is 0 Å². The standard InChI is InChI=1S/C3H5NO3S2.Na/c5-9(6,7)2-1-4-3-8;/h1-2H2,(H,5,6,7);. The van der Waals surface area contributed by atoms with Crippen LogP contribution in [0.4, 0.5) is 0 Å². The van der Waals surface area contributed by atoms with Gasteiger partial charge in [-0.25, -0.2) is 4.99 Å². The zero-order chi connectivity index (χ0) is 7.33. The molecule has 0 aliphatic rings. The first-order valence-corrected chi connectivity index (χ1v) is 4.07. The molecule has 0 amide bonds.